The lowest BCUT2D eigenvalue weighted by atomic mass is 9.97. The van der Waals surface area contributed by atoms with Gasteiger partial charge in [-0.05, 0) is 43.6 Å². The Morgan fingerprint density at radius 3 is 2.54 bits per heavy atom. The minimum atomic E-state index is 0. The minimum Gasteiger partial charge on any atom is -0.352 e. The SMILES string of the molecule is Cl.O=C(NCc1ccc(-c2nc3ccccc3[nH]2)cc1)C1CCNCC1. The minimum absolute atomic E-state index is 0. The summed E-state index contributed by atoms with van der Waals surface area (Å²) in [7, 11) is 0. The molecule has 6 heteroatoms. The highest BCUT2D eigenvalue weighted by molar-refractivity contribution is 5.85. The molecular weight excluding hydrogens is 348 g/mol. The molecule has 4 rings (SSSR count). The van der Waals surface area contributed by atoms with E-state index in [1.54, 1.807) is 0 Å². The van der Waals surface area contributed by atoms with Gasteiger partial charge in [0.05, 0.1) is 11.0 Å². The van der Waals surface area contributed by atoms with Gasteiger partial charge in [-0.15, -0.1) is 12.4 Å². The monoisotopic (exact) mass is 370 g/mol. The van der Waals surface area contributed by atoms with Crippen molar-refractivity contribution in [3.63, 3.8) is 0 Å². The Morgan fingerprint density at radius 1 is 1.08 bits per heavy atom. The molecule has 1 aromatic heterocycles. The number of halogens is 1. The highest BCUT2D eigenvalue weighted by Crippen LogP contribution is 2.20. The fourth-order valence-electron chi connectivity index (χ4n) is 3.29. The maximum Gasteiger partial charge on any atom is 0.223 e. The summed E-state index contributed by atoms with van der Waals surface area (Å²) >= 11 is 0. The van der Waals surface area contributed by atoms with Crippen molar-refractivity contribution >= 4 is 29.3 Å². The summed E-state index contributed by atoms with van der Waals surface area (Å²) in [6.45, 7) is 2.44. The van der Waals surface area contributed by atoms with Crippen LogP contribution in [0.2, 0.25) is 0 Å². The van der Waals surface area contributed by atoms with Crippen LogP contribution in [-0.4, -0.2) is 29.0 Å². The van der Waals surface area contributed by atoms with Gasteiger partial charge >= 0.3 is 0 Å². The van der Waals surface area contributed by atoms with Crippen molar-refractivity contribution in [3.05, 3.63) is 54.1 Å². The molecule has 136 valence electrons. The third kappa shape index (κ3) is 4.06. The van der Waals surface area contributed by atoms with Crippen molar-refractivity contribution in [2.24, 2.45) is 5.92 Å². The summed E-state index contributed by atoms with van der Waals surface area (Å²) in [6.07, 6.45) is 1.85. The molecule has 0 aliphatic carbocycles. The number of carbonyl (C=O) groups is 1. The zero-order valence-electron chi connectivity index (χ0n) is 14.5. The van der Waals surface area contributed by atoms with E-state index in [0.29, 0.717) is 6.54 Å². The second kappa shape index (κ2) is 8.34. The molecule has 0 spiro atoms. The van der Waals surface area contributed by atoms with Gasteiger partial charge in [0.25, 0.3) is 0 Å². The average molecular weight is 371 g/mol. The van der Waals surface area contributed by atoms with Gasteiger partial charge in [-0.3, -0.25) is 4.79 Å². The molecule has 0 radical (unpaired) electrons. The van der Waals surface area contributed by atoms with Crippen LogP contribution in [0, 0.1) is 5.92 Å². The van der Waals surface area contributed by atoms with E-state index in [9.17, 15) is 4.79 Å². The molecule has 1 aliphatic heterocycles. The largest absolute Gasteiger partial charge is 0.352 e. The second-order valence-electron chi connectivity index (χ2n) is 6.54. The number of benzene rings is 2. The number of aromatic nitrogens is 2. The predicted molar refractivity (Wildman–Crippen MR) is 106 cm³/mol. The summed E-state index contributed by atoms with van der Waals surface area (Å²) in [5.74, 6) is 1.19. The number of hydrogen-bond acceptors (Lipinski definition) is 3. The first-order valence-electron chi connectivity index (χ1n) is 8.82. The molecule has 0 saturated carbocycles. The number of nitrogens with zero attached hydrogens (tertiary/aromatic N) is 1. The molecule has 1 aliphatic rings. The summed E-state index contributed by atoms with van der Waals surface area (Å²) in [5, 5.41) is 6.35. The molecule has 26 heavy (non-hydrogen) atoms. The van der Waals surface area contributed by atoms with Crippen molar-refractivity contribution in [3.8, 4) is 11.4 Å². The Balaban J connectivity index is 0.00000196. The summed E-state index contributed by atoms with van der Waals surface area (Å²) in [6, 6.07) is 16.2. The number of nitrogens with one attached hydrogen (secondary N) is 3. The lowest BCUT2D eigenvalue weighted by Crippen LogP contribution is -2.37. The van der Waals surface area contributed by atoms with Crippen LogP contribution in [0.15, 0.2) is 48.5 Å². The number of piperidine rings is 1. The Morgan fingerprint density at radius 2 is 1.81 bits per heavy atom. The standard InChI is InChI=1S/C20H22N4O.ClH/c25-20(16-9-11-21-12-10-16)22-13-14-5-7-15(8-6-14)19-23-17-3-1-2-4-18(17)24-19;/h1-8,16,21H,9-13H2,(H,22,25)(H,23,24);1H. The smallest absolute Gasteiger partial charge is 0.223 e. The average Bonchev–Trinajstić information content (AvgIpc) is 3.11. The zero-order chi connectivity index (χ0) is 17.1. The maximum atomic E-state index is 12.2. The van der Waals surface area contributed by atoms with Crippen LogP contribution in [0.4, 0.5) is 0 Å². The maximum absolute atomic E-state index is 12.2. The number of aromatic amines is 1. The fourth-order valence-corrected chi connectivity index (χ4v) is 3.29. The number of imidazole rings is 1. The lowest BCUT2D eigenvalue weighted by Gasteiger charge is -2.21. The van der Waals surface area contributed by atoms with Gasteiger partial charge < -0.3 is 15.6 Å². The van der Waals surface area contributed by atoms with E-state index in [1.165, 1.54) is 0 Å². The predicted octanol–water partition coefficient (Wildman–Crippen LogP) is 3.27. The Kier molecular flexibility index (Phi) is 5.91. The quantitative estimate of drug-likeness (QED) is 0.660. The van der Waals surface area contributed by atoms with Crippen LogP contribution < -0.4 is 10.6 Å². The van der Waals surface area contributed by atoms with Crippen molar-refractivity contribution in [2.75, 3.05) is 13.1 Å². The molecule has 5 nitrogen and oxygen atoms in total. The molecule has 2 heterocycles. The van der Waals surface area contributed by atoms with Gasteiger partial charge in [0.2, 0.25) is 5.91 Å². The first-order valence-corrected chi connectivity index (χ1v) is 8.82. The number of amides is 1. The van der Waals surface area contributed by atoms with E-state index in [1.807, 2.05) is 48.5 Å². The van der Waals surface area contributed by atoms with Crippen molar-refractivity contribution in [1.29, 1.82) is 0 Å². The van der Waals surface area contributed by atoms with E-state index in [0.717, 1.165) is 53.9 Å². The summed E-state index contributed by atoms with van der Waals surface area (Å²) < 4.78 is 0. The first-order chi connectivity index (χ1) is 12.3. The molecule has 1 amide bonds. The molecule has 3 N–H and O–H groups in total. The van der Waals surface area contributed by atoms with Crippen LogP contribution in [0.3, 0.4) is 0 Å². The molecule has 3 aromatic rings. The number of para-hydroxylation sites is 2. The number of fused-ring (bicyclic) bond motifs is 1. The number of rotatable bonds is 4. The Bertz CT molecular complexity index is 836. The summed E-state index contributed by atoms with van der Waals surface area (Å²) in [4.78, 5) is 20.2. The molecule has 2 aromatic carbocycles. The zero-order valence-corrected chi connectivity index (χ0v) is 15.3. The van der Waals surface area contributed by atoms with Crippen molar-refractivity contribution in [2.45, 2.75) is 19.4 Å². The first kappa shape index (κ1) is 18.4. The molecule has 0 atom stereocenters. The van der Waals surface area contributed by atoms with E-state index in [2.05, 4.69) is 20.6 Å². The lowest BCUT2D eigenvalue weighted by molar-refractivity contribution is -0.125. The highest BCUT2D eigenvalue weighted by Gasteiger charge is 2.20. The van der Waals surface area contributed by atoms with Crippen LogP contribution >= 0.6 is 12.4 Å². The van der Waals surface area contributed by atoms with E-state index < -0.39 is 0 Å². The van der Waals surface area contributed by atoms with Gasteiger partial charge in [-0.25, -0.2) is 4.98 Å². The topological polar surface area (TPSA) is 69.8 Å². The van der Waals surface area contributed by atoms with Gasteiger partial charge in [0.15, 0.2) is 0 Å². The molecule has 1 saturated heterocycles. The van der Waals surface area contributed by atoms with Gasteiger partial charge in [-0.2, -0.15) is 0 Å². The molecule has 0 bridgehead atoms. The van der Waals surface area contributed by atoms with Crippen LogP contribution in [0.5, 0.6) is 0 Å². The summed E-state index contributed by atoms with van der Waals surface area (Å²) in [5.41, 5.74) is 4.15. The molecule has 0 unspecified atom stereocenters. The number of H-pyrrole nitrogens is 1. The number of hydrogen-bond donors (Lipinski definition) is 3. The molecular formula is C20H23ClN4O. The van der Waals surface area contributed by atoms with Crippen LogP contribution in [0.25, 0.3) is 22.4 Å². The Labute approximate surface area is 159 Å². The fraction of sp³-hybridized carbons (Fsp3) is 0.300. The van der Waals surface area contributed by atoms with Gasteiger partial charge in [-0.1, -0.05) is 36.4 Å². The third-order valence-corrected chi connectivity index (χ3v) is 4.79. The normalized spacial score (nSPS) is 14.8. The molecule has 1 fully saturated rings. The van der Waals surface area contributed by atoms with Crippen LogP contribution in [-0.2, 0) is 11.3 Å². The third-order valence-electron chi connectivity index (χ3n) is 4.79. The van der Waals surface area contributed by atoms with Crippen molar-refractivity contribution in [1.82, 2.24) is 20.6 Å². The van der Waals surface area contributed by atoms with Gasteiger partial charge in [0.1, 0.15) is 5.82 Å². The second-order valence-corrected chi connectivity index (χ2v) is 6.54. The Hall–Kier alpha value is -2.37. The van der Waals surface area contributed by atoms with E-state index in [-0.39, 0.29) is 24.2 Å². The van der Waals surface area contributed by atoms with E-state index >= 15 is 0 Å². The number of carbonyl (C=O) groups excluding carboxylic acids is 1. The van der Waals surface area contributed by atoms with Crippen molar-refractivity contribution < 1.29 is 4.79 Å². The highest BCUT2D eigenvalue weighted by atomic mass is 35.5. The van der Waals surface area contributed by atoms with Gasteiger partial charge in [0, 0.05) is 18.0 Å². The van der Waals surface area contributed by atoms with Crippen LogP contribution in [0.1, 0.15) is 18.4 Å². The van der Waals surface area contributed by atoms with E-state index in [4.69, 9.17) is 0 Å².